The Balaban J connectivity index is 1.44. The lowest BCUT2D eigenvalue weighted by Gasteiger charge is -2.27. The summed E-state index contributed by atoms with van der Waals surface area (Å²) in [6.07, 6.45) is 2.43. The van der Waals surface area contributed by atoms with E-state index in [-0.39, 0.29) is 17.4 Å². The quantitative estimate of drug-likeness (QED) is 0.724. The van der Waals surface area contributed by atoms with E-state index in [4.69, 9.17) is 9.15 Å². The van der Waals surface area contributed by atoms with Crippen LogP contribution in [0.3, 0.4) is 0 Å². The van der Waals surface area contributed by atoms with Crippen LogP contribution in [0.4, 0.5) is 0 Å². The van der Waals surface area contributed by atoms with Crippen LogP contribution >= 0.6 is 0 Å². The van der Waals surface area contributed by atoms with Crippen molar-refractivity contribution in [2.24, 2.45) is 0 Å². The van der Waals surface area contributed by atoms with Crippen LogP contribution in [-0.4, -0.2) is 35.5 Å². The molecule has 150 valence electrons. The summed E-state index contributed by atoms with van der Waals surface area (Å²) < 4.78 is 11.0. The number of amides is 1. The third-order valence-electron chi connectivity index (χ3n) is 6.18. The number of rotatable bonds is 2. The van der Waals surface area contributed by atoms with Crippen LogP contribution in [0.2, 0.25) is 0 Å². The molecule has 0 spiro atoms. The van der Waals surface area contributed by atoms with Gasteiger partial charge in [-0.3, -0.25) is 4.79 Å². The first-order valence-electron chi connectivity index (χ1n) is 10.2. The summed E-state index contributed by atoms with van der Waals surface area (Å²) in [7, 11) is 0. The van der Waals surface area contributed by atoms with Gasteiger partial charge in [-0.05, 0) is 37.5 Å². The first-order valence-corrected chi connectivity index (χ1v) is 10.2. The van der Waals surface area contributed by atoms with Gasteiger partial charge in [0, 0.05) is 60.8 Å². The van der Waals surface area contributed by atoms with Crippen LogP contribution in [-0.2, 0) is 17.7 Å². The first-order chi connectivity index (χ1) is 14.1. The standard InChI is InChI=1S/C23H24N2O4/c1-14-12-20(15-7-10-28-11-8-15)29-23(27)21(14)22(26)25-9-6-19-17(13-25)16-4-2-3-5-18(16)24-19/h2-5,12,15,24H,6-11,13H2,1H3. The Morgan fingerprint density at radius 1 is 1.21 bits per heavy atom. The number of hydrogen-bond donors (Lipinski definition) is 1. The van der Waals surface area contributed by atoms with E-state index in [0.717, 1.165) is 35.7 Å². The monoisotopic (exact) mass is 392 g/mol. The average Bonchev–Trinajstić information content (AvgIpc) is 3.11. The van der Waals surface area contributed by atoms with Gasteiger partial charge >= 0.3 is 5.63 Å². The number of hydrogen-bond acceptors (Lipinski definition) is 4. The minimum absolute atomic E-state index is 0.157. The number of aromatic nitrogens is 1. The molecule has 1 fully saturated rings. The molecule has 1 aromatic carbocycles. The molecule has 1 amide bonds. The normalized spacial score (nSPS) is 17.5. The van der Waals surface area contributed by atoms with Crippen molar-refractivity contribution in [3.63, 3.8) is 0 Å². The maximum Gasteiger partial charge on any atom is 0.349 e. The Morgan fingerprint density at radius 2 is 2.00 bits per heavy atom. The van der Waals surface area contributed by atoms with Crippen molar-refractivity contribution in [1.82, 2.24) is 9.88 Å². The van der Waals surface area contributed by atoms with Crippen LogP contribution in [0.25, 0.3) is 10.9 Å². The number of carbonyl (C=O) groups excluding carboxylic acids is 1. The molecule has 2 aliphatic rings. The highest BCUT2D eigenvalue weighted by Gasteiger charge is 2.29. The number of aromatic amines is 1. The van der Waals surface area contributed by atoms with E-state index >= 15 is 0 Å². The second kappa shape index (κ2) is 7.19. The summed E-state index contributed by atoms with van der Waals surface area (Å²) in [4.78, 5) is 31.2. The summed E-state index contributed by atoms with van der Waals surface area (Å²) in [6.45, 7) is 4.26. The second-order valence-electron chi connectivity index (χ2n) is 7.99. The van der Waals surface area contributed by atoms with Gasteiger partial charge in [-0.2, -0.15) is 0 Å². The summed E-state index contributed by atoms with van der Waals surface area (Å²) in [5.41, 5.74) is 3.72. The van der Waals surface area contributed by atoms with Crippen molar-refractivity contribution in [3.8, 4) is 0 Å². The lowest BCUT2D eigenvalue weighted by Crippen LogP contribution is -2.38. The van der Waals surface area contributed by atoms with Crippen molar-refractivity contribution in [1.29, 1.82) is 0 Å². The molecule has 2 aliphatic heterocycles. The van der Waals surface area contributed by atoms with E-state index in [1.54, 1.807) is 4.90 Å². The Kier molecular flexibility index (Phi) is 4.51. The van der Waals surface area contributed by atoms with Gasteiger partial charge in [0.25, 0.3) is 5.91 Å². The summed E-state index contributed by atoms with van der Waals surface area (Å²) in [5.74, 6) is 0.610. The fourth-order valence-corrected chi connectivity index (χ4v) is 4.57. The third-order valence-corrected chi connectivity index (χ3v) is 6.18. The summed E-state index contributed by atoms with van der Waals surface area (Å²) >= 11 is 0. The number of para-hydroxylation sites is 1. The number of benzene rings is 1. The highest BCUT2D eigenvalue weighted by molar-refractivity contribution is 5.96. The Hall–Kier alpha value is -2.86. The second-order valence-corrected chi connectivity index (χ2v) is 7.99. The molecule has 0 radical (unpaired) electrons. The molecule has 5 rings (SSSR count). The number of ether oxygens (including phenoxy) is 1. The zero-order valence-corrected chi connectivity index (χ0v) is 16.5. The Bertz CT molecular complexity index is 1140. The number of H-pyrrole nitrogens is 1. The topological polar surface area (TPSA) is 75.5 Å². The van der Waals surface area contributed by atoms with Crippen molar-refractivity contribution < 1.29 is 13.9 Å². The van der Waals surface area contributed by atoms with Gasteiger partial charge in [-0.1, -0.05) is 18.2 Å². The molecule has 0 atom stereocenters. The molecule has 0 saturated carbocycles. The predicted molar refractivity (Wildman–Crippen MR) is 109 cm³/mol. The molecule has 4 heterocycles. The van der Waals surface area contributed by atoms with Gasteiger partial charge in [0.1, 0.15) is 11.3 Å². The largest absolute Gasteiger partial charge is 0.427 e. The highest BCUT2D eigenvalue weighted by Crippen LogP contribution is 2.30. The maximum atomic E-state index is 13.2. The molecular weight excluding hydrogens is 368 g/mol. The van der Waals surface area contributed by atoms with Crippen molar-refractivity contribution >= 4 is 16.8 Å². The molecule has 0 unspecified atom stereocenters. The van der Waals surface area contributed by atoms with E-state index in [9.17, 15) is 9.59 Å². The van der Waals surface area contributed by atoms with Crippen LogP contribution < -0.4 is 5.63 Å². The molecule has 0 aliphatic carbocycles. The molecule has 6 heteroatoms. The van der Waals surface area contributed by atoms with Gasteiger partial charge < -0.3 is 19.0 Å². The van der Waals surface area contributed by atoms with Gasteiger partial charge in [-0.25, -0.2) is 4.79 Å². The lowest BCUT2D eigenvalue weighted by molar-refractivity contribution is 0.0722. The van der Waals surface area contributed by atoms with Gasteiger partial charge in [0.05, 0.1) is 0 Å². The van der Waals surface area contributed by atoms with Gasteiger partial charge in [0.15, 0.2) is 0 Å². The molecule has 0 bridgehead atoms. The number of carbonyl (C=O) groups is 1. The van der Waals surface area contributed by atoms with E-state index in [1.807, 2.05) is 31.2 Å². The summed E-state index contributed by atoms with van der Waals surface area (Å²) in [5, 5.41) is 1.14. The van der Waals surface area contributed by atoms with E-state index in [1.165, 1.54) is 5.69 Å². The zero-order chi connectivity index (χ0) is 20.0. The van der Waals surface area contributed by atoms with Crippen molar-refractivity contribution in [3.05, 3.63) is 68.9 Å². The molecule has 2 aromatic heterocycles. The van der Waals surface area contributed by atoms with Crippen LogP contribution in [0.1, 0.15) is 51.7 Å². The lowest BCUT2D eigenvalue weighted by atomic mass is 9.95. The van der Waals surface area contributed by atoms with E-state index in [2.05, 4.69) is 11.1 Å². The van der Waals surface area contributed by atoms with Gasteiger partial charge in [-0.15, -0.1) is 0 Å². The zero-order valence-electron chi connectivity index (χ0n) is 16.5. The Morgan fingerprint density at radius 3 is 2.79 bits per heavy atom. The molecule has 6 nitrogen and oxygen atoms in total. The number of nitrogens with zero attached hydrogens (tertiary/aromatic N) is 1. The van der Waals surface area contributed by atoms with Crippen molar-refractivity contribution in [2.45, 2.75) is 38.6 Å². The van der Waals surface area contributed by atoms with Gasteiger partial charge in [0.2, 0.25) is 0 Å². The fraction of sp³-hybridized carbons (Fsp3) is 0.391. The molecule has 1 N–H and O–H groups in total. The molecule has 3 aromatic rings. The fourth-order valence-electron chi connectivity index (χ4n) is 4.57. The smallest absolute Gasteiger partial charge is 0.349 e. The molecule has 1 saturated heterocycles. The number of aryl methyl sites for hydroxylation is 1. The first kappa shape index (κ1) is 18.2. The summed E-state index contributed by atoms with van der Waals surface area (Å²) in [6, 6.07) is 9.99. The van der Waals surface area contributed by atoms with E-state index in [0.29, 0.717) is 37.6 Å². The predicted octanol–water partition coefficient (Wildman–Crippen LogP) is 3.52. The maximum absolute atomic E-state index is 13.2. The van der Waals surface area contributed by atoms with Crippen molar-refractivity contribution in [2.75, 3.05) is 19.8 Å². The number of fused-ring (bicyclic) bond motifs is 3. The average molecular weight is 392 g/mol. The van der Waals surface area contributed by atoms with Crippen LogP contribution in [0.15, 0.2) is 39.5 Å². The highest BCUT2D eigenvalue weighted by atomic mass is 16.5. The minimum Gasteiger partial charge on any atom is -0.427 e. The van der Waals surface area contributed by atoms with Crippen LogP contribution in [0, 0.1) is 6.92 Å². The molecule has 29 heavy (non-hydrogen) atoms. The van der Waals surface area contributed by atoms with Crippen LogP contribution in [0.5, 0.6) is 0 Å². The third kappa shape index (κ3) is 3.17. The Labute approximate surface area is 168 Å². The SMILES string of the molecule is Cc1cc(C2CCOCC2)oc(=O)c1C(=O)N1CCc2[nH]c3ccccc3c2C1. The minimum atomic E-state index is -0.527. The molecular formula is C23H24N2O4. The van der Waals surface area contributed by atoms with E-state index < -0.39 is 5.63 Å². The number of nitrogens with one attached hydrogen (secondary N) is 1.